The number of hydrogen-bond acceptors (Lipinski definition) is 8. The number of carbonyl (C=O) groups is 1. The highest BCUT2D eigenvalue weighted by molar-refractivity contribution is 7.92. The number of halogens is 4. The fourth-order valence-corrected chi connectivity index (χ4v) is 3.50. The summed E-state index contributed by atoms with van der Waals surface area (Å²) < 4.78 is 63.0. The standard InChI is InChI=1S/C16H13ClF3N7O3S/c1-21-14-25-12(27(26-14)15-22-3-2-4-23-15)8-24-13(28)9-5-10(17)7-11(6-9)31(29,30)16(18,19)20/h2-7H,8H2,1H3,(H,21,26)(H,24,28). The summed E-state index contributed by atoms with van der Waals surface area (Å²) >= 11 is 5.73. The van der Waals surface area contributed by atoms with Gasteiger partial charge in [-0.1, -0.05) is 11.6 Å². The maximum Gasteiger partial charge on any atom is 0.501 e. The summed E-state index contributed by atoms with van der Waals surface area (Å²) in [5.74, 6) is -0.301. The Bertz CT molecular complexity index is 1220. The lowest BCUT2D eigenvalue weighted by Crippen LogP contribution is -2.26. The van der Waals surface area contributed by atoms with Gasteiger partial charge in [0.05, 0.1) is 11.4 Å². The number of carbonyl (C=O) groups excluding carboxylic acids is 1. The number of sulfone groups is 1. The maximum atomic E-state index is 12.8. The zero-order valence-corrected chi connectivity index (χ0v) is 17.1. The molecule has 31 heavy (non-hydrogen) atoms. The number of nitrogens with zero attached hydrogens (tertiary/aromatic N) is 5. The van der Waals surface area contributed by atoms with E-state index in [-0.39, 0.29) is 34.9 Å². The molecule has 0 radical (unpaired) electrons. The fraction of sp³-hybridized carbons (Fsp3) is 0.188. The van der Waals surface area contributed by atoms with E-state index in [0.29, 0.717) is 12.1 Å². The average molecular weight is 476 g/mol. The topological polar surface area (TPSA) is 132 Å². The van der Waals surface area contributed by atoms with Gasteiger partial charge in [-0.15, -0.1) is 5.10 Å². The van der Waals surface area contributed by atoms with Crippen LogP contribution in [-0.2, 0) is 16.4 Å². The first-order valence-electron chi connectivity index (χ1n) is 8.34. The first kappa shape index (κ1) is 22.4. The minimum Gasteiger partial charge on any atom is -0.356 e. The highest BCUT2D eigenvalue weighted by Crippen LogP contribution is 2.32. The zero-order valence-electron chi connectivity index (χ0n) is 15.6. The monoisotopic (exact) mass is 475 g/mol. The molecule has 0 fully saturated rings. The number of anilines is 1. The van der Waals surface area contributed by atoms with E-state index in [1.165, 1.54) is 17.1 Å². The summed E-state index contributed by atoms with van der Waals surface area (Å²) in [4.78, 5) is 23.6. The van der Waals surface area contributed by atoms with Crippen LogP contribution in [0.3, 0.4) is 0 Å². The van der Waals surface area contributed by atoms with Gasteiger partial charge in [0.15, 0.2) is 5.82 Å². The summed E-state index contributed by atoms with van der Waals surface area (Å²) in [6.45, 7) is -0.223. The van der Waals surface area contributed by atoms with Crippen LogP contribution < -0.4 is 10.6 Å². The predicted octanol–water partition coefficient (Wildman–Crippen LogP) is 1.98. The van der Waals surface area contributed by atoms with E-state index in [9.17, 15) is 26.4 Å². The van der Waals surface area contributed by atoms with Crippen LogP contribution in [-0.4, -0.2) is 51.6 Å². The molecule has 0 unspecified atom stereocenters. The number of amides is 1. The minimum atomic E-state index is -5.68. The first-order chi connectivity index (χ1) is 14.5. The largest absolute Gasteiger partial charge is 0.501 e. The Hall–Kier alpha value is -3.26. The first-order valence-corrected chi connectivity index (χ1v) is 10.2. The molecule has 0 spiro atoms. The Labute approximate surface area is 178 Å². The van der Waals surface area contributed by atoms with Crippen molar-refractivity contribution >= 4 is 33.3 Å². The third kappa shape index (κ3) is 4.74. The summed E-state index contributed by atoms with van der Waals surface area (Å²) in [6.07, 6.45) is 2.94. The molecule has 0 saturated carbocycles. The van der Waals surface area contributed by atoms with Gasteiger partial charge in [0.2, 0.25) is 5.95 Å². The normalized spacial score (nSPS) is 11.9. The van der Waals surface area contributed by atoms with Crippen molar-refractivity contribution in [3.05, 3.63) is 53.1 Å². The molecule has 0 aliphatic rings. The molecule has 2 aromatic heterocycles. The molecule has 15 heteroatoms. The molecule has 0 aliphatic heterocycles. The van der Waals surface area contributed by atoms with Crippen LogP contribution in [0.1, 0.15) is 16.2 Å². The third-order valence-electron chi connectivity index (χ3n) is 3.79. The van der Waals surface area contributed by atoms with Crippen LogP contribution in [0.5, 0.6) is 0 Å². The summed E-state index contributed by atoms with van der Waals surface area (Å²) in [5, 5.41) is 8.92. The fourth-order valence-electron chi connectivity index (χ4n) is 2.37. The van der Waals surface area contributed by atoms with Crippen molar-refractivity contribution in [3.8, 4) is 5.95 Å². The van der Waals surface area contributed by atoms with E-state index in [2.05, 4.69) is 30.7 Å². The van der Waals surface area contributed by atoms with Crippen molar-refractivity contribution in [1.82, 2.24) is 30.0 Å². The van der Waals surface area contributed by atoms with Gasteiger partial charge >= 0.3 is 5.51 Å². The molecule has 3 aromatic rings. The molecular formula is C16H13ClF3N7O3S. The van der Waals surface area contributed by atoms with E-state index in [1.807, 2.05) is 0 Å². The molecule has 0 aliphatic carbocycles. The summed E-state index contributed by atoms with van der Waals surface area (Å²) in [5.41, 5.74) is -5.92. The molecule has 0 bridgehead atoms. The molecule has 164 valence electrons. The van der Waals surface area contributed by atoms with Crippen molar-refractivity contribution in [3.63, 3.8) is 0 Å². The third-order valence-corrected chi connectivity index (χ3v) is 5.48. The van der Waals surface area contributed by atoms with Gasteiger partial charge in [0, 0.05) is 30.0 Å². The van der Waals surface area contributed by atoms with Crippen molar-refractivity contribution in [1.29, 1.82) is 0 Å². The number of rotatable bonds is 6. The minimum absolute atomic E-state index is 0.169. The maximum absolute atomic E-state index is 12.8. The summed E-state index contributed by atoms with van der Waals surface area (Å²) in [6, 6.07) is 3.83. The molecule has 2 heterocycles. The van der Waals surface area contributed by atoms with E-state index < -0.39 is 26.1 Å². The molecule has 10 nitrogen and oxygen atoms in total. The van der Waals surface area contributed by atoms with Gasteiger partial charge in [0.25, 0.3) is 21.7 Å². The van der Waals surface area contributed by atoms with Crippen LogP contribution in [0.4, 0.5) is 19.1 Å². The predicted molar refractivity (Wildman–Crippen MR) is 102 cm³/mol. The quantitative estimate of drug-likeness (QED) is 0.553. The summed E-state index contributed by atoms with van der Waals surface area (Å²) in [7, 11) is -4.11. The van der Waals surface area contributed by atoms with Gasteiger partial charge in [-0.3, -0.25) is 4.79 Å². The second kappa shape index (κ2) is 8.47. The van der Waals surface area contributed by atoms with Crippen LogP contribution in [0.15, 0.2) is 41.6 Å². The Morgan fingerprint density at radius 2 is 1.87 bits per heavy atom. The van der Waals surface area contributed by atoms with Crippen LogP contribution in [0.2, 0.25) is 5.02 Å². The van der Waals surface area contributed by atoms with Gasteiger partial charge in [-0.25, -0.2) is 18.4 Å². The van der Waals surface area contributed by atoms with Crippen LogP contribution >= 0.6 is 11.6 Å². The van der Waals surface area contributed by atoms with Crippen LogP contribution in [0, 0.1) is 0 Å². The second-order valence-corrected chi connectivity index (χ2v) is 8.25. The molecule has 3 rings (SSSR count). The molecule has 1 aromatic carbocycles. The number of hydrogen-bond donors (Lipinski definition) is 2. The smallest absolute Gasteiger partial charge is 0.356 e. The van der Waals surface area contributed by atoms with Gasteiger partial charge in [-0.2, -0.15) is 22.8 Å². The van der Waals surface area contributed by atoms with E-state index in [4.69, 9.17) is 11.6 Å². The molecule has 2 N–H and O–H groups in total. The SMILES string of the molecule is CNc1nc(CNC(=O)c2cc(Cl)cc(S(=O)(=O)C(F)(F)F)c2)n(-c2ncccn2)n1. The lowest BCUT2D eigenvalue weighted by atomic mass is 10.2. The van der Waals surface area contributed by atoms with E-state index in [0.717, 1.165) is 6.07 Å². The zero-order chi connectivity index (χ0) is 22.8. The van der Waals surface area contributed by atoms with Gasteiger partial charge in [-0.05, 0) is 24.3 Å². The van der Waals surface area contributed by atoms with Gasteiger partial charge in [0.1, 0.15) is 0 Å². The lowest BCUT2D eigenvalue weighted by molar-refractivity contribution is -0.0436. The van der Waals surface area contributed by atoms with E-state index in [1.54, 1.807) is 13.1 Å². The number of nitrogens with one attached hydrogen (secondary N) is 2. The average Bonchev–Trinajstić information content (AvgIpc) is 3.14. The second-order valence-electron chi connectivity index (χ2n) is 5.87. The Kier molecular flexibility index (Phi) is 6.13. The molecule has 1 amide bonds. The molecule has 0 saturated heterocycles. The lowest BCUT2D eigenvalue weighted by Gasteiger charge is -2.11. The highest BCUT2D eigenvalue weighted by Gasteiger charge is 2.47. The van der Waals surface area contributed by atoms with Crippen LogP contribution in [0.25, 0.3) is 5.95 Å². The van der Waals surface area contributed by atoms with Crippen molar-refractivity contribution in [2.75, 3.05) is 12.4 Å². The Morgan fingerprint density at radius 1 is 1.19 bits per heavy atom. The molecule has 0 atom stereocenters. The van der Waals surface area contributed by atoms with Crippen molar-refractivity contribution in [2.45, 2.75) is 16.9 Å². The molecular weight excluding hydrogens is 463 g/mol. The Balaban J connectivity index is 1.87. The number of alkyl halides is 3. The number of aromatic nitrogens is 5. The van der Waals surface area contributed by atoms with Gasteiger partial charge < -0.3 is 10.6 Å². The van der Waals surface area contributed by atoms with E-state index >= 15 is 0 Å². The Morgan fingerprint density at radius 3 is 2.48 bits per heavy atom. The highest BCUT2D eigenvalue weighted by atomic mass is 35.5. The van der Waals surface area contributed by atoms with Crippen molar-refractivity contribution < 1.29 is 26.4 Å². The van der Waals surface area contributed by atoms with Crippen molar-refractivity contribution in [2.24, 2.45) is 0 Å². The number of benzene rings is 1.